The maximum absolute atomic E-state index is 13.4. The summed E-state index contributed by atoms with van der Waals surface area (Å²) in [5.41, 5.74) is 1.16. The first kappa shape index (κ1) is 23.2. The number of thiazole rings is 1. The third-order valence-electron chi connectivity index (χ3n) is 6.10. The van der Waals surface area contributed by atoms with Gasteiger partial charge in [-0.1, -0.05) is 17.7 Å². The molecule has 1 fully saturated rings. The molecule has 1 aliphatic heterocycles. The minimum absolute atomic E-state index is 0.183. The Balaban J connectivity index is 1.38. The van der Waals surface area contributed by atoms with Crippen LogP contribution in [0.3, 0.4) is 0 Å². The van der Waals surface area contributed by atoms with E-state index in [2.05, 4.69) is 0 Å². The molecule has 7 nitrogen and oxygen atoms in total. The number of carbonyl (C=O) groups is 1. The molecule has 1 aromatic carbocycles. The van der Waals surface area contributed by atoms with Crippen LogP contribution in [-0.2, 0) is 38.9 Å². The highest BCUT2D eigenvalue weighted by molar-refractivity contribution is 7.91. The smallest absolute Gasteiger partial charge is 0.253 e. The Labute approximate surface area is 206 Å². The molecule has 0 spiro atoms. The van der Waals surface area contributed by atoms with Crippen molar-refractivity contribution in [3.05, 3.63) is 44.9 Å². The molecule has 2 aliphatic rings. The van der Waals surface area contributed by atoms with Crippen LogP contribution in [0.25, 0.3) is 10.1 Å². The monoisotopic (exact) mass is 525 g/mol. The zero-order valence-corrected chi connectivity index (χ0v) is 21.3. The number of thiophene rings is 1. The molecule has 1 unspecified atom stereocenters. The van der Waals surface area contributed by atoms with E-state index in [-0.39, 0.29) is 35.9 Å². The zero-order valence-electron chi connectivity index (χ0n) is 18.1. The van der Waals surface area contributed by atoms with Crippen LogP contribution in [-0.4, -0.2) is 61.4 Å². The summed E-state index contributed by atoms with van der Waals surface area (Å²) in [6, 6.07) is 6.56. The van der Waals surface area contributed by atoms with Gasteiger partial charge in [-0.2, -0.15) is 4.31 Å². The number of aryl methyl sites for hydroxylation is 2. The first-order valence-electron chi connectivity index (χ1n) is 10.8. The van der Waals surface area contributed by atoms with Crippen molar-refractivity contribution in [1.82, 2.24) is 14.2 Å². The van der Waals surface area contributed by atoms with Crippen LogP contribution >= 0.6 is 34.3 Å². The summed E-state index contributed by atoms with van der Waals surface area (Å²) in [5, 5.41) is 2.28. The number of ether oxygens (including phenoxy) is 1. The molecule has 2 aromatic heterocycles. The Morgan fingerprint density at radius 1 is 1.21 bits per heavy atom. The normalized spacial score (nSPS) is 19.9. The van der Waals surface area contributed by atoms with E-state index in [4.69, 9.17) is 21.3 Å². The Kier molecular flexibility index (Phi) is 6.49. The largest absolute Gasteiger partial charge is 0.382 e. The maximum Gasteiger partial charge on any atom is 0.253 e. The van der Waals surface area contributed by atoms with Crippen molar-refractivity contribution in [3.63, 3.8) is 0 Å². The molecule has 0 radical (unpaired) electrons. The third kappa shape index (κ3) is 4.56. The summed E-state index contributed by atoms with van der Waals surface area (Å²) in [7, 11) is -2.26. The standard InChI is InChI=1S/C22H24ClN3O4S3/c1-30-13-16-10-25(33(28,29)22-8-14-6-7-15(23)9-19(14)32-22)12-21(27)26(16)11-20-24-17-4-2-3-5-18(17)31-20/h6-9,16H,2-5,10-13H2,1H3. The second-order valence-electron chi connectivity index (χ2n) is 8.36. The molecule has 1 amide bonds. The molecule has 176 valence electrons. The predicted molar refractivity (Wildman–Crippen MR) is 131 cm³/mol. The van der Waals surface area contributed by atoms with Gasteiger partial charge in [-0.15, -0.1) is 22.7 Å². The number of methoxy groups -OCH3 is 1. The van der Waals surface area contributed by atoms with Crippen molar-refractivity contribution in [2.45, 2.75) is 42.5 Å². The molecule has 11 heteroatoms. The summed E-state index contributed by atoms with van der Waals surface area (Å²) in [6.07, 6.45) is 4.38. The number of amides is 1. The Morgan fingerprint density at radius 3 is 2.82 bits per heavy atom. The predicted octanol–water partition coefficient (Wildman–Crippen LogP) is 3.94. The number of benzene rings is 1. The number of hydrogen-bond donors (Lipinski definition) is 0. The van der Waals surface area contributed by atoms with E-state index >= 15 is 0 Å². The summed E-state index contributed by atoms with van der Waals surface area (Å²) >= 11 is 8.90. The van der Waals surface area contributed by atoms with Crippen LogP contribution in [0.4, 0.5) is 0 Å². The van der Waals surface area contributed by atoms with E-state index in [9.17, 15) is 13.2 Å². The highest BCUT2D eigenvalue weighted by Gasteiger charge is 2.39. The van der Waals surface area contributed by atoms with Crippen molar-refractivity contribution in [2.24, 2.45) is 0 Å². The summed E-state index contributed by atoms with van der Waals surface area (Å²) in [5.74, 6) is -0.232. The maximum atomic E-state index is 13.4. The van der Waals surface area contributed by atoms with E-state index in [1.54, 1.807) is 47.6 Å². The average Bonchev–Trinajstić information content (AvgIpc) is 3.39. The number of carbonyl (C=O) groups excluding carboxylic acids is 1. The van der Waals surface area contributed by atoms with Gasteiger partial charge >= 0.3 is 0 Å². The van der Waals surface area contributed by atoms with Crippen LogP contribution in [0.5, 0.6) is 0 Å². The second-order valence-corrected chi connectivity index (χ2v) is 13.2. The molecule has 1 saturated heterocycles. The van der Waals surface area contributed by atoms with Crippen LogP contribution in [0.1, 0.15) is 28.4 Å². The molecular weight excluding hydrogens is 502 g/mol. The molecular formula is C22H24ClN3O4S3. The number of halogens is 1. The fourth-order valence-electron chi connectivity index (χ4n) is 4.43. The Bertz CT molecular complexity index is 1280. The fraction of sp³-hybridized carbons (Fsp3) is 0.455. The van der Waals surface area contributed by atoms with E-state index in [0.717, 1.165) is 40.1 Å². The molecule has 5 rings (SSSR count). The highest BCUT2D eigenvalue weighted by atomic mass is 35.5. The fourth-order valence-corrected chi connectivity index (χ4v) is 8.84. The van der Waals surface area contributed by atoms with Crippen LogP contribution in [0.15, 0.2) is 28.5 Å². The number of aromatic nitrogens is 1. The first-order valence-corrected chi connectivity index (χ1v) is 14.3. The van der Waals surface area contributed by atoms with E-state index < -0.39 is 10.0 Å². The topological polar surface area (TPSA) is 79.8 Å². The van der Waals surface area contributed by atoms with Crippen molar-refractivity contribution in [3.8, 4) is 0 Å². The summed E-state index contributed by atoms with van der Waals surface area (Å²) in [4.78, 5) is 21.0. The lowest BCUT2D eigenvalue weighted by Crippen LogP contribution is -2.58. The minimum atomic E-state index is -3.83. The van der Waals surface area contributed by atoms with Gasteiger partial charge in [0.25, 0.3) is 10.0 Å². The van der Waals surface area contributed by atoms with Gasteiger partial charge in [0.05, 0.1) is 31.4 Å². The van der Waals surface area contributed by atoms with Crippen molar-refractivity contribution >= 4 is 60.3 Å². The van der Waals surface area contributed by atoms with Gasteiger partial charge in [0.15, 0.2) is 0 Å². The van der Waals surface area contributed by atoms with E-state index in [1.807, 2.05) is 0 Å². The molecule has 1 aliphatic carbocycles. The summed E-state index contributed by atoms with van der Waals surface area (Å²) in [6.45, 7) is 0.634. The quantitative estimate of drug-likeness (QED) is 0.487. The van der Waals surface area contributed by atoms with Gasteiger partial charge in [0, 0.05) is 28.3 Å². The number of hydrogen-bond acceptors (Lipinski definition) is 7. The Hall–Kier alpha value is -1.56. The number of sulfonamides is 1. The molecule has 0 N–H and O–H groups in total. The van der Waals surface area contributed by atoms with E-state index in [1.165, 1.54) is 26.9 Å². The van der Waals surface area contributed by atoms with E-state index in [0.29, 0.717) is 11.6 Å². The number of piperazine rings is 1. The lowest BCUT2D eigenvalue weighted by molar-refractivity contribution is -0.139. The van der Waals surface area contributed by atoms with Crippen molar-refractivity contribution in [2.75, 3.05) is 26.8 Å². The third-order valence-corrected chi connectivity index (χ3v) is 10.8. The first-order chi connectivity index (χ1) is 15.8. The van der Waals surface area contributed by atoms with Gasteiger partial charge < -0.3 is 9.64 Å². The summed E-state index contributed by atoms with van der Waals surface area (Å²) < 4.78 is 34.5. The van der Waals surface area contributed by atoms with Gasteiger partial charge in [0.2, 0.25) is 5.91 Å². The molecule has 3 aromatic rings. The number of nitrogens with zero attached hydrogens (tertiary/aromatic N) is 3. The lowest BCUT2D eigenvalue weighted by atomic mass is 10.0. The average molecular weight is 526 g/mol. The second kappa shape index (κ2) is 9.24. The molecule has 0 bridgehead atoms. The van der Waals surface area contributed by atoms with Crippen molar-refractivity contribution in [1.29, 1.82) is 0 Å². The number of rotatable bonds is 6. The van der Waals surface area contributed by atoms with Gasteiger partial charge in [-0.05, 0) is 49.3 Å². The van der Waals surface area contributed by atoms with Gasteiger partial charge in [-0.25, -0.2) is 13.4 Å². The number of fused-ring (bicyclic) bond motifs is 2. The van der Waals surface area contributed by atoms with Crippen molar-refractivity contribution < 1.29 is 17.9 Å². The lowest BCUT2D eigenvalue weighted by Gasteiger charge is -2.39. The molecule has 1 atom stereocenters. The SMILES string of the molecule is COCC1CN(S(=O)(=O)c2cc3ccc(Cl)cc3s2)CC(=O)N1Cc1nc2c(s1)CCCC2. The van der Waals surface area contributed by atoms with Crippen LogP contribution < -0.4 is 0 Å². The zero-order chi connectivity index (χ0) is 23.2. The van der Waals surface area contributed by atoms with Crippen LogP contribution in [0, 0.1) is 0 Å². The van der Waals surface area contributed by atoms with Crippen LogP contribution in [0.2, 0.25) is 5.02 Å². The molecule has 0 saturated carbocycles. The van der Waals surface area contributed by atoms with Gasteiger partial charge in [-0.3, -0.25) is 4.79 Å². The Morgan fingerprint density at radius 2 is 2.03 bits per heavy atom. The molecule has 3 heterocycles. The van der Waals surface area contributed by atoms with Gasteiger partial charge in [0.1, 0.15) is 9.22 Å². The minimum Gasteiger partial charge on any atom is -0.382 e. The highest BCUT2D eigenvalue weighted by Crippen LogP contribution is 2.34. The molecule has 33 heavy (non-hydrogen) atoms.